The summed E-state index contributed by atoms with van der Waals surface area (Å²) in [7, 11) is 0. The Morgan fingerprint density at radius 3 is 2.75 bits per heavy atom. The molecule has 2 aromatic rings. The Kier molecular flexibility index (Phi) is 3.88. The fraction of sp³-hybridized carbons (Fsp3) is 0.471. The topological polar surface area (TPSA) is 32.9 Å². The molecule has 2 nitrogen and oxygen atoms in total. The predicted molar refractivity (Wildman–Crippen MR) is 86.7 cm³/mol. The highest BCUT2D eigenvalue weighted by Crippen LogP contribution is 2.34. The number of aromatic nitrogens is 1. The second-order valence-corrected chi connectivity index (χ2v) is 7.37. The molecular formula is C17H21NOS. The van der Waals surface area contributed by atoms with Gasteiger partial charge in [-0.15, -0.1) is 11.8 Å². The Balaban J connectivity index is 1.86. The molecule has 20 heavy (non-hydrogen) atoms. The third-order valence-electron chi connectivity index (χ3n) is 4.21. The minimum absolute atomic E-state index is 0.0519. The molecule has 3 heteroatoms. The first-order chi connectivity index (χ1) is 9.66. The van der Waals surface area contributed by atoms with E-state index in [0.29, 0.717) is 5.25 Å². The lowest BCUT2D eigenvalue weighted by atomic mass is 10.1. The van der Waals surface area contributed by atoms with Crippen LogP contribution in [0.2, 0.25) is 0 Å². The van der Waals surface area contributed by atoms with E-state index in [1.807, 2.05) is 43.0 Å². The van der Waals surface area contributed by atoms with Gasteiger partial charge in [0.1, 0.15) is 0 Å². The number of H-pyrrole nitrogens is 1. The molecule has 1 aromatic heterocycles. The van der Waals surface area contributed by atoms with Crippen molar-refractivity contribution in [2.45, 2.75) is 50.0 Å². The maximum absolute atomic E-state index is 12.8. The molecule has 1 aliphatic carbocycles. The highest BCUT2D eigenvalue weighted by atomic mass is 32.2. The highest BCUT2D eigenvalue weighted by Gasteiger charge is 2.25. The Hall–Kier alpha value is -1.22. The third kappa shape index (κ3) is 2.51. The number of rotatable bonds is 4. The number of fused-ring (bicyclic) bond motifs is 1. The zero-order valence-electron chi connectivity index (χ0n) is 12.1. The Bertz CT molecular complexity index is 625. The maximum Gasteiger partial charge on any atom is 0.177 e. The van der Waals surface area contributed by atoms with Gasteiger partial charge in [0.25, 0.3) is 0 Å². The second-order valence-electron chi connectivity index (χ2n) is 5.72. The number of ketones is 1. The summed E-state index contributed by atoms with van der Waals surface area (Å²) in [5.41, 5.74) is 2.94. The number of carbonyl (C=O) groups is 1. The lowest BCUT2D eigenvalue weighted by molar-refractivity contribution is 0.0995. The summed E-state index contributed by atoms with van der Waals surface area (Å²) >= 11 is 1.87. The summed E-state index contributed by atoms with van der Waals surface area (Å²) in [6.07, 6.45) is 5.19. The lowest BCUT2D eigenvalue weighted by Gasteiger charge is -2.15. The number of Topliss-reactive ketones (excluding diaryl/α,β-unsaturated/α-hetero) is 1. The lowest BCUT2D eigenvalue weighted by Crippen LogP contribution is -2.17. The first-order valence-electron chi connectivity index (χ1n) is 7.44. The van der Waals surface area contributed by atoms with Crippen molar-refractivity contribution in [3.05, 3.63) is 35.5 Å². The number of aromatic amines is 1. The Morgan fingerprint density at radius 1 is 1.30 bits per heavy atom. The molecule has 1 fully saturated rings. The summed E-state index contributed by atoms with van der Waals surface area (Å²) in [5, 5.41) is 1.80. The van der Waals surface area contributed by atoms with Crippen LogP contribution in [0.4, 0.5) is 0 Å². The van der Waals surface area contributed by atoms with Crippen LogP contribution in [0.1, 0.15) is 48.7 Å². The van der Waals surface area contributed by atoms with E-state index >= 15 is 0 Å². The van der Waals surface area contributed by atoms with Gasteiger partial charge < -0.3 is 4.98 Å². The Labute approximate surface area is 124 Å². The van der Waals surface area contributed by atoms with Gasteiger partial charge in [-0.3, -0.25) is 4.79 Å². The van der Waals surface area contributed by atoms with Gasteiger partial charge in [-0.2, -0.15) is 0 Å². The first kappa shape index (κ1) is 13.7. The van der Waals surface area contributed by atoms with E-state index in [1.54, 1.807) is 0 Å². The van der Waals surface area contributed by atoms with Crippen LogP contribution >= 0.6 is 11.8 Å². The standard InChI is InChI=1S/C17H21NOS/c1-11-16(14-9-5-6-10-15(14)18-11)17(19)12(2)20-13-7-3-4-8-13/h5-6,9-10,12-13,18H,3-4,7-8H2,1-2H3/t12-/m0/s1. The van der Waals surface area contributed by atoms with E-state index in [1.165, 1.54) is 25.7 Å². The number of aryl methyl sites for hydroxylation is 1. The number of nitrogens with one attached hydrogen (secondary N) is 1. The van der Waals surface area contributed by atoms with Gasteiger partial charge in [0.05, 0.1) is 5.25 Å². The van der Waals surface area contributed by atoms with Crippen LogP contribution < -0.4 is 0 Å². The normalized spacial score (nSPS) is 17.7. The van der Waals surface area contributed by atoms with Crippen LogP contribution in [-0.4, -0.2) is 21.3 Å². The summed E-state index contributed by atoms with van der Waals surface area (Å²) < 4.78 is 0. The number of benzene rings is 1. The van der Waals surface area contributed by atoms with E-state index < -0.39 is 0 Å². The molecule has 0 bridgehead atoms. The molecule has 0 amide bonds. The van der Waals surface area contributed by atoms with Crippen LogP contribution in [0.25, 0.3) is 10.9 Å². The number of hydrogen-bond acceptors (Lipinski definition) is 2. The average Bonchev–Trinajstić information content (AvgIpc) is 3.04. The zero-order chi connectivity index (χ0) is 14.1. The van der Waals surface area contributed by atoms with Crippen molar-refractivity contribution in [2.75, 3.05) is 0 Å². The van der Waals surface area contributed by atoms with E-state index in [2.05, 4.69) is 11.9 Å². The smallest absolute Gasteiger partial charge is 0.177 e. The molecule has 1 aromatic carbocycles. The van der Waals surface area contributed by atoms with Crippen molar-refractivity contribution in [1.29, 1.82) is 0 Å². The fourth-order valence-corrected chi connectivity index (χ4v) is 4.60. The third-order valence-corrected chi connectivity index (χ3v) is 5.69. The van der Waals surface area contributed by atoms with Crippen molar-refractivity contribution < 1.29 is 4.79 Å². The molecule has 0 radical (unpaired) electrons. The van der Waals surface area contributed by atoms with Gasteiger partial charge >= 0.3 is 0 Å². The monoisotopic (exact) mass is 287 g/mol. The molecule has 0 aliphatic heterocycles. The number of para-hydroxylation sites is 1. The van der Waals surface area contributed by atoms with Gasteiger partial charge in [-0.25, -0.2) is 0 Å². The van der Waals surface area contributed by atoms with E-state index in [-0.39, 0.29) is 11.0 Å². The number of thioether (sulfide) groups is 1. The highest BCUT2D eigenvalue weighted by molar-refractivity contribution is 8.01. The molecule has 0 saturated heterocycles. The van der Waals surface area contributed by atoms with E-state index in [4.69, 9.17) is 0 Å². The van der Waals surface area contributed by atoms with Crippen molar-refractivity contribution in [3.8, 4) is 0 Å². The van der Waals surface area contributed by atoms with Crippen LogP contribution in [0.5, 0.6) is 0 Å². The van der Waals surface area contributed by atoms with Crippen molar-refractivity contribution in [1.82, 2.24) is 4.98 Å². The van der Waals surface area contributed by atoms with Crippen molar-refractivity contribution >= 4 is 28.4 Å². The average molecular weight is 287 g/mol. The van der Waals surface area contributed by atoms with Gasteiger partial charge in [0, 0.05) is 27.4 Å². The predicted octanol–water partition coefficient (Wildman–Crippen LogP) is 4.72. The Morgan fingerprint density at radius 2 is 2.00 bits per heavy atom. The first-order valence-corrected chi connectivity index (χ1v) is 8.38. The summed E-state index contributed by atoms with van der Waals surface area (Å²) in [6.45, 7) is 4.06. The number of carbonyl (C=O) groups excluding carboxylic acids is 1. The molecular weight excluding hydrogens is 266 g/mol. The molecule has 1 aliphatic rings. The molecule has 106 valence electrons. The van der Waals surface area contributed by atoms with Crippen LogP contribution in [-0.2, 0) is 0 Å². The number of hydrogen-bond donors (Lipinski definition) is 1. The summed E-state index contributed by atoms with van der Waals surface area (Å²) in [5.74, 6) is 0.275. The van der Waals surface area contributed by atoms with Crippen LogP contribution in [0.3, 0.4) is 0 Å². The van der Waals surface area contributed by atoms with E-state index in [0.717, 1.165) is 22.2 Å². The van der Waals surface area contributed by atoms with Gasteiger partial charge in [0.2, 0.25) is 0 Å². The van der Waals surface area contributed by atoms with E-state index in [9.17, 15) is 4.79 Å². The SMILES string of the molecule is Cc1[nH]c2ccccc2c1C(=O)[C@H](C)SC1CCCC1. The molecule has 0 spiro atoms. The fourth-order valence-electron chi connectivity index (χ4n) is 3.17. The zero-order valence-corrected chi connectivity index (χ0v) is 12.9. The van der Waals surface area contributed by atoms with Gasteiger partial charge in [-0.1, -0.05) is 31.0 Å². The van der Waals surface area contributed by atoms with Crippen molar-refractivity contribution in [2.24, 2.45) is 0 Å². The van der Waals surface area contributed by atoms with Crippen LogP contribution in [0, 0.1) is 6.92 Å². The molecule has 1 atom stereocenters. The molecule has 3 rings (SSSR count). The maximum atomic E-state index is 12.8. The molecule has 1 saturated carbocycles. The molecule has 1 N–H and O–H groups in total. The minimum atomic E-state index is 0.0519. The quantitative estimate of drug-likeness (QED) is 0.825. The van der Waals surface area contributed by atoms with Crippen LogP contribution in [0.15, 0.2) is 24.3 Å². The summed E-state index contributed by atoms with van der Waals surface area (Å²) in [4.78, 5) is 16.1. The minimum Gasteiger partial charge on any atom is -0.358 e. The summed E-state index contributed by atoms with van der Waals surface area (Å²) in [6, 6.07) is 8.08. The molecule has 1 heterocycles. The van der Waals surface area contributed by atoms with Gasteiger partial charge in [-0.05, 0) is 32.8 Å². The molecule has 0 unspecified atom stereocenters. The van der Waals surface area contributed by atoms with Gasteiger partial charge in [0.15, 0.2) is 5.78 Å². The van der Waals surface area contributed by atoms with Crippen molar-refractivity contribution in [3.63, 3.8) is 0 Å². The largest absolute Gasteiger partial charge is 0.358 e. The second kappa shape index (κ2) is 5.65.